The molecule has 3 heteroatoms. The molecule has 0 aliphatic carbocycles. The summed E-state index contributed by atoms with van der Waals surface area (Å²) in [4.78, 5) is 13.4. The van der Waals surface area contributed by atoms with Crippen LogP contribution in [0.5, 0.6) is 0 Å². The van der Waals surface area contributed by atoms with E-state index in [1.54, 1.807) is 11.8 Å². The first-order chi connectivity index (χ1) is 8.66. The van der Waals surface area contributed by atoms with Crippen LogP contribution in [0.3, 0.4) is 0 Å². The Kier molecular flexibility index (Phi) is 2.60. The summed E-state index contributed by atoms with van der Waals surface area (Å²) in [6, 6.07) is 9.85. The van der Waals surface area contributed by atoms with Gasteiger partial charge < -0.3 is 4.90 Å². The maximum absolute atomic E-state index is 11.6. The number of carbonyl (C=O) groups excluding carboxylic acids is 1. The number of carbonyl (C=O) groups is 1. The predicted molar refractivity (Wildman–Crippen MR) is 76.0 cm³/mol. The van der Waals surface area contributed by atoms with Crippen LogP contribution in [-0.2, 0) is 4.79 Å². The zero-order chi connectivity index (χ0) is 12.7. The fraction of sp³-hybridized carbons (Fsp3) is 0.133. The highest BCUT2D eigenvalue weighted by Gasteiger charge is 2.18. The average Bonchev–Trinajstić information content (AvgIpc) is 2.37. The highest BCUT2D eigenvalue weighted by atomic mass is 35.5. The van der Waals surface area contributed by atoms with Crippen molar-refractivity contribution in [3.05, 3.63) is 47.0 Å². The first kappa shape index (κ1) is 11.3. The molecule has 1 heterocycles. The van der Waals surface area contributed by atoms with Gasteiger partial charge in [-0.25, -0.2) is 0 Å². The molecule has 0 atom stereocenters. The second-order valence-corrected chi connectivity index (χ2v) is 4.83. The maximum Gasteiger partial charge on any atom is 0.224 e. The van der Waals surface area contributed by atoms with Gasteiger partial charge in [0.15, 0.2) is 0 Å². The Hall–Kier alpha value is -1.80. The second-order valence-electron chi connectivity index (χ2n) is 4.40. The van der Waals surface area contributed by atoms with E-state index in [0.29, 0.717) is 11.6 Å². The lowest BCUT2D eigenvalue weighted by Gasteiger charge is -2.26. The van der Waals surface area contributed by atoms with E-state index in [-0.39, 0.29) is 5.91 Å². The molecular formula is C15H12ClNO. The average molecular weight is 258 g/mol. The van der Waals surface area contributed by atoms with Crippen molar-refractivity contribution < 1.29 is 4.79 Å². The molecular weight excluding hydrogens is 246 g/mol. The van der Waals surface area contributed by atoms with Crippen LogP contribution < -0.4 is 4.90 Å². The molecule has 2 aromatic rings. The number of hydrogen-bond acceptors (Lipinski definition) is 1. The van der Waals surface area contributed by atoms with Crippen LogP contribution in [0.15, 0.2) is 36.4 Å². The summed E-state index contributed by atoms with van der Waals surface area (Å²) in [6.45, 7) is 2.22. The SMILES string of the molecule is CC(=O)N1CC=Cc2c1ccc1ccc(Cl)cc21. The van der Waals surface area contributed by atoms with Crippen LogP contribution >= 0.6 is 11.6 Å². The topological polar surface area (TPSA) is 20.3 Å². The maximum atomic E-state index is 11.6. The van der Waals surface area contributed by atoms with Crippen molar-refractivity contribution in [1.29, 1.82) is 0 Å². The minimum absolute atomic E-state index is 0.0574. The molecule has 0 fully saturated rings. The number of nitrogens with zero attached hydrogens (tertiary/aromatic N) is 1. The summed E-state index contributed by atoms with van der Waals surface area (Å²) >= 11 is 6.06. The first-order valence-electron chi connectivity index (χ1n) is 5.84. The molecule has 0 saturated carbocycles. The van der Waals surface area contributed by atoms with Gasteiger partial charge in [0, 0.05) is 24.1 Å². The highest BCUT2D eigenvalue weighted by molar-refractivity contribution is 6.31. The number of anilines is 1. The highest BCUT2D eigenvalue weighted by Crippen LogP contribution is 2.34. The standard InChI is InChI=1S/C15H12ClNO/c1-10(18)17-8-2-3-13-14-9-12(16)6-4-11(14)5-7-15(13)17/h2-7,9H,8H2,1H3. The second kappa shape index (κ2) is 4.14. The predicted octanol–water partition coefficient (Wildman–Crippen LogP) is 3.87. The molecule has 0 aromatic heterocycles. The molecule has 90 valence electrons. The van der Waals surface area contributed by atoms with Crippen molar-refractivity contribution in [2.75, 3.05) is 11.4 Å². The fourth-order valence-electron chi connectivity index (χ4n) is 2.39. The molecule has 0 spiro atoms. The minimum Gasteiger partial charge on any atom is -0.308 e. The van der Waals surface area contributed by atoms with Crippen molar-refractivity contribution >= 4 is 40.0 Å². The largest absolute Gasteiger partial charge is 0.308 e. The molecule has 0 unspecified atom stereocenters. The molecule has 2 aromatic carbocycles. The van der Waals surface area contributed by atoms with E-state index in [0.717, 1.165) is 22.0 Å². The number of halogens is 1. The Balaban J connectivity index is 2.32. The number of rotatable bonds is 0. The van der Waals surface area contributed by atoms with Crippen molar-refractivity contribution in [3.8, 4) is 0 Å². The fourth-order valence-corrected chi connectivity index (χ4v) is 2.56. The zero-order valence-corrected chi connectivity index (χ0v) is 10.7. The van der Waals surface area contributed by atoms with Crippen LogP contribution in [0.4, 0.5) is 5.69 Å². The van der Waals surface area contributed by atoms with Gasteiger partial charge in [0.1, 0.15) is 0 Å². The lowest BCUT2D eigenvalue weighted by molar-refractivity contribution is -0.116. The Morgan fingerprint density at radius 2 is 2.06 bits per heavy atom. The van der Waals surface area contributed by atoms with Crippen LogP contribution in [0.25, 0.3) is 16.8 Å². The van der Waals surface area contributed by atoms with E-state index in [9.17, 15) is 4.79 Å². The third kappa shape index (κ3) is 1.70. The van der Waals surface area contributed by atoms with Gasteiger partial charge in [-0.15, -0.1) is 0 Å². The minimum atomic E-state index is 0.0574. The Morgan fingerprint density at radius 1 is 1.28 bits per heavy atom. The first-order valence-corrected chi connectivity index (χ1v) is 6.21. The summed E-state index contributed by atoms with van der Waals surface area (Å²) in [5.74, 6) is 0.0574. The molecule has 18 heavy (non-hydrogen) atoms. The van der Waals surface area contributed by atoms with E-state index < -0.39 is 0 Å². The third-order valence-electron chi connectivity index (χ3n) is 3.25. The summed E-state index contributed by atoms with van der Waals surface area (Å²) in [5, 5.41) is 2.93. The summed E-state index contributed by atoms with van der Waals surface area (Å²) in [7, 11) is 0. The lowest BCUT2D eigenvalue weighted by atomic mass is 9.99. The monoisotopic (exact) mass is 257 g/mol. The molecule has 1 aliphatic rings. The summed E-state index contributed by atoms with van der Waals surface area (Å²) in [5.41, 5.74) is 2.02. The van der Waals surface area contributed by atoms with Crippen molar-refractivity contribution in [2.45, 2.75) is 6.92 Å². The van der Waals surface area contributed by atoms with Crippen LogP contribution in [0.1, 0.15) is 12.5 Å². The van der Waals surface area contributed by atoms with E-state index >= 15 is 0 Å². The number of fused-ring (bicyclic) bond motifs is 3. The van der Waals surface area contributed by atoms with Gasteiger partial charge in [0.25, 0.3) is 0 Å². The van der Waals surface area contributed by atoms with Crippen molar-refractivity contribution in [1.82, 2.24) is 0 Å². The van der Waals surface area contributed by atoms with Gasteiger partial charge in [-0.05, 0) is 29.0 Å². The van der Waals surface area contributed by atoms with Crippen LogP contribution in [-0.4, -0.2) is 12.5 Å². The van der Waals surface area contributed by atoms with E-state index in [1.807, 2.05) is 36.4 Å². The van der Waals surface area contributed by atoms with E-state index in [1.165, 1.54) is 0 Å². The molecule has 0 bridgehead atoms. The number of hydrogen-bond donors (Lipinski definition) is 0. The molecule has 0 saturated heterocycles. The van der Waals surface area contributed by atoms with Gasteiger partial charge in [-0.3, -0.25) is 4.79 Å². The number of amides is 1. The smallest absolute Gasteiger partial charge is 0.224 e. The molecule has 0 radical (unpaired) electrons. The van der Waals surface area contributed by atoms with E-state index in [4.69, 9.17) is 11.6 Å². The van der Waals surface area contributed by atoms with Crippen molar-refractivity contribution in [2.24, 2.45) is 0 Å². The summed E-state index contributed by atoms with van der Waals surface area (Å²) in [6.07, 6.45) is 4.07. The Morgan fingerprint density at radius 3 is 2.83 bits per heavy atom. The van der Waals surface area contributed by atoms with Crippen LogP contribution in [0, 0.1) is 0 Å². The lowest BCUT2D eigenvalue weighted by Crippen LogP contribution is -2.30. The number of benzene rings is 2. The molecule has 1 aliphatic heterocycles. The van der Waals surface area contributed by atoms with Crippen LogP contribution in [0.2, 0.25) is 5.02 Å². The molecule has 0 N–H and O–H groups in total. The van der Waals surface area contributed by atoms with Crippen molar-refractivity contribution in [3.63, 3.8) is 0 Å². The zero-order valence-electron chi connectivity index (χ0n) is 9.98. The summed E-state index contributed by atoms with van der Waals surface area (Å²) < 4.78 is 0. The Labute approximate surface area is 110 Å². The molecule has 2 nitrogen and oxygen atoms in total. The molecule has 3 rings (SSSR count). The van der Waals surface area contributed by atoms with Gasteiger partial charge in [-0.1, -0.05) is 35.9 Å². The van der Waals surface area contributed by atoms with Gasteiger partial charge in [0.05, 0.1) is 5.69 Å². The molecule has 1 amide bonds. The van der Waals surface area contributed by atoms with E-state index in [2.05, 4.69) is 6.08 Å². The van der Waals surface area contributed by atoms with Gasteiger partial charge in [0.2, 0.25) is 5.91 Å². The van der Waals surface area contributed by atoms with Gasteiger partial charge in [-0.2, -0.15) is 0 Å². The quantitative estimate of drug-likeness (QED) is 0.702. The Bertz CT molecular complexity index is 675. The third-order valence-corrected chi connectivity index (χ3v) is 3.48. The van der Waals surface area contributed by atoms with Gasteiger partial charge >= 0.3 is 0 Å². The normalized spacial score (nSPS) is 13.8.